The van der Waals surface area contributed by atoms with Crippen LogP contribution in [0.25, 0.3) is 0 Å². The Morgan fingerprint density at radius 3 is 2.27 bits per heavy atom. The first-order valence-electron chi connectivity index (χ1n) is 5.00. The van der Waals surface area contributed by atoms with Gasteiger partial charge >= 0.3 is 0 Å². The van der Waals surface area contributed by atoms with Gasteiger partial charge in [0.25, 0.3) is 0 Å². The van der Waals surface area contributed by atoms with Crippen LogP contribution in [0.3, 0.4) is 0 Å². The van der Waals surface area contributed by atoms with Gasteiger partial charge < -0.3 is 15.5 Å². The van der Waals surface area contributed by atoms with Gasteiger partial charge in [0.05, 0.1) is 6.10 Å². The van der Waals surface area contributed by atoms with Gasteiger partial charge in [0, 0.05) is 17.9 Å². The molecule has 0 aliphatic rings. The Morgan fingerprint density at radius 1 is 1.27 bits per heavy atom. The van der Waals surface area contributed by atoms with Crippen molar-refractivity contribution in [3.05, 3.63) is 29.1 Å². The maximum absolute atomic E-state index is 9.85. The molecule has 4 nitrogen and oxygen atoms in total. The summed E-state index contributed by atoms with van der Waals surface area (Å²) in [7, 11) is 1.74. The maximum atomic E-state index is 9.85. The first-order valence-corrected chi connectivity index (χ1v) is 5.00. The van der Waals surface area contributed by atoms with Crippen molar-refractivity contribution in [1.29, 1.82) is 0 Å². The highest BCUT2D eigenvalue weighted by Gasteiger charge is 2.18. The summed E-state index contributed by atoms with van der Waals surface area (Å²) in [4.78, 5) is 4.21. The Morgan fingerprint density at radius 2 is 1.80 bits per heavy atom. The predicted octanol–water partition coefficient (Wildman–Crippen LogP) is 0.312. The molecule has 0 bridgehead atoms. The predicted molar refractivity (Wildman–Crippen MR) is 58.6 cm³/mol. The van der Waals surface area contributed by atoms with E-state index in [-0.39, 0.29) is 0 Å². The fourth-order valence-electron chi connectivity index (χ4n) is 1.58. The normalized spacial score (nSPS) is 15.0. The Bertz CT molecular complexity index is 308. The Labute approximate surface area is 90.0 Å². The van der Waals surface area contributed by atoms with Crippen LogP contribution in [-0.2, 0) is 0 Å². The van der Waals surface area contributed by atoms with Crippen LogP contribution in [-0.4, -0.2) is 34.9 Å². The van der Waals surface area contributed by atoms with Crippen molar-refractivity contribution in [2.45, 2.75) is 26.1 Å². The lowest BCUT2D eigenvalue weighted by Crippen LogP contribution is -2.29. The molecular formula is C11H18N2O2. The molecular weight excluding hydrogens is 192 g/mol. The van der Waals surface area contributed by atoms with Crippen LogP contribution in [0.2, 0.25) is 0 Å². The number of nitrogens with zero attached hydrogens (tertiary/aromatic N) is 1. The molecule has 4 heteroatoms. The third-order valence-corrected chi connectivity index (χ3v) is 2.22. The van der Waals surface area contributed by atoms with Crippen molar-refractivity contribution in [2.75, 3.05) is 13.6 Å². The zero-order valence-electron chi connectivity index (χ0n) is 9.36. The van der Waals surface area contributed by atoms with E-state index in [2.05, 4.69) is 10.3 Å². The van der Waals surface area contributed by atoms with Gasteiger partial charge in [-0.3, -0.25) is 4.98 Å². The number of hydrogen-bond donors (Lipinski definition) is 3. The number of rotatable bonds is 4. The van der Waals surface area contributed by atoms with Crippen molar-refractivity contribution >= 4 is 0 Å². The third-order valence-electron chi connectivity index (χ3n) is 2.22. The van der Waals surface area contributed by atoms with Gasteiger partial charge in [-0.1, -0.05) is 0 Å². The quantitative estimate of drug-likeness (QED) is 0.669. The van der Waals surface area contributed by atoms with Crippen molar-refractivity contribution in [3.8, 4) is 0 Å². The molecule has 0 saturated heterocycles. The summed E-state index contributed by atoms with van der Waals surface area (Å²) in [6.45, 7) is 4.10. The SMILES string of the molecule is CNCC(O)C(O)c1cc(C)nc(C)c1. The number of hydrogen-bond acceptors (Lipinski definition) is 4. The average molecular weight is 210 g/mol. The van der Waals surface area contributed by atoms with Crippen LogP contribution in [0.5, 0.6) is 0 Å². The fraction of sp³-hybridized carbons (Fsp3) is 0.545. The van der Waals surface area contributed by atoms with Crippen LogP contribution in [0.4, 0.5) is 0 Å². The molecule has 0 fully saturated rings. The van der Waals surface area contributed by atoms with E-state index < -0.39 is 12.2 Å². The van der Waals surface area contributed by atoms with Gasteiger partial charge in [0.1, 0.15) is 6.10 Å². The average Bonchev–Trinajstić information content (AvgIpc) is 2.15. The number of pyridine rings is 1. The van der Waals surface area contributed by atoms with Crippen molar-refractivity contribution in [1.82, 2.24) is 10.3 Å². The lowest BCUT2D eigenvalue weighted by molar-refractivity contribution is 0.0201. The van der Waals surface area contributed by atoms with Crippen LogP contribution in [0.15, 0.2) is 12.1 Å². The van der Waals surface area contributed by atoms with E-state index in [1.165, 1.54) is 0 Å². The summed E-state index contributed by atoms with van der Waals surface area (Å²) in [6, 6.07) is 3.58. The standard InChI is InChI=1S/C11H18N2O2/c1-7-4-9(5-8(2)13-7)11(15)10(14)6-12-3/h4-5,10-12,14-15H,6H2,1-3H3. The largest absolute Gasteiger partial charge is 0.389 e. The summed E-state index contributed by atoms with van der Waals surface area (Å²) in [5.74, 6) is 0. The molecule has 84 valence electrons. The summed E-state index contributed by atoms with van der Waals surface area (Å²) >= 11 is 0. The van der Waals surface area contributed by atoms with E-state index in [1.807, 2.05) is 13.8 Å². The summed E-state index contributed by atoms with van der Waals surface area (Å²) in [6.07, 6.45) is -1.66. The van der Waals surface area contributed by atoms with E-state index in [0.29, 0.717) is 12.1 Å². The number of aliphatic hydroxyl groups excluding tert-OH is 2. The Balaban J connectivity index is 2.85. The van der Waals surface area contributed by atoms with Crippen molar-refractivity contribution in [2.24, 2.45) is 0 Å². The highest BCUT2D eigenvalue weighted by molar-refractivity contribution is 5.23. The molecule has 1 aromatic rings. The molecule has 1 aromatic heterocycles. The van der Waals surface area contributed by atoms with Gasteiger partial charge in [0.2, 0.25) is 0 Å². The van der Waals surface area contributed by atoms with Crippen molar-refractivity contribution in [3.63, 3.8) is 0 Å². The van der Waals surface area contributed by atoms with Crippen LogP contribution >= 0.6 is 0 Å². The molecule has 3 N–H and O–H groups in total. The molecule has 0 aromatic carbocycles. The minimum Gasteiger partial charge on any atom is -0.389 e. The summed E-state index contributed by atoms with van der Waals surface area (Å²) in [5, 5.41) is 22.3. The van der Waals surface area contributed by atoms with E-state index in [0.717, 1.165) is 11.4 Å². The third kappa shape index (κ3) is 3.27. The van der Waals surface area contributed by atoms with E-state index in [9.17, 15) is 10.2 Å². The number of aliphatic hydroxyl groups is 2. The molecule has 1 heterocycles. The lowest BCUT2D eigenvalue weighted by Gasteiger charge is -2.18. The number of nitrogens with one attached hydrogen (secondary N) is 1. The maximum Gasteiger partial charge on any atom is 0.106 e. The number of likely N-dealkylation sites (N-methyl/N-ethyl adjacent to an activating group) is 1. The van der Waals surface area contributed by atoms with Gasteiger partial charge in [-0.05, 0) is 38.6 Å². The highest BCUT2D eigenvalue weighted by Crippen LogP contribution is 2.18. The van der Waals surface area contributed by atoms with E-state index in [4.69, 9.17) is 0 Å². The minimum absolute atomic E-state index is 0.363. The zero-order valence-corrected chi connectivity index (χ0v) is 9.36. The fourth-order valence-corrected chi connectivity index (χ4v) is 1.58. The topological polar surface area (TPSA) is 65.4 Å². The molecule has 0 saturated carbocycles. The molecule has 15 heavy (non-hydrogen) atoms. The number of aromatic nitrogens is 1. The lowest BCUT2D eigenvalue weighted by atomic mass is 10.0. The molecule has 0 amide bonds. The van der Waals surface area contributed by atoms with Crippen molar-refractivity contribution < 1.29 is 10.2 Å². The van der Waals surface area contributed by atoms with E-state index >= 15 is 0 Å². The van der Waals surface area contributed by atoms with Gasteiger partial charge in [-0.2, -0.15) is 0 Å². The second-order valence-electron chi connectivity index (χ2n) is 3.75. The highest BCUT2D eigenvalue weighted by atomic mass is 16.3. The Kier molecular flexibility index (Phi) is 4.20. The van der Waals surface area contributed by atoms with Gasteiger partial charge in [0.15, 0.2) is 0 Å². The summed E-state index contributed by atoms with van der Waals surface area (Å²) < 4.78 is 0. The molecule has 0 spiro atoms. The molecule has 2 unspecified atom stereocenters. The molecule has 1 rings (SSSR count). The zero-order chi connectivity index (χ0) is 11.4. The first-order chi connectivity index (χ1) is 7.04. The van der Waals surface area contributed by atoms with E-state index in [1.54, 1.807) is 19.2 Å². The van der Waals surface area contributed by atoms with Crippen LogP contribution in [0, 0.1) is 13.8 Å². The van der Waals surface area contributed by atoms with Crippen LogP contribution in [0.1, 0.15) is 23.1 Å². The molecule has 0 radical (unpaired) electrons. The minimum atomic E-state index is -0.863. The smallest absolute Gasteiger partial charge is 0.106 e. The summed E-state index contributed by atoms with van der Waals surface area (Å²) in [5.41, 5.74) is 2.41. The monoisotopic (exact) mass is 210 g/mol. The second kappa shape index (κ2) is 5.21. The number of aryl methyl sites for hydroxylation is 2. The Hall–Kier alpha value is -0.970. The first kappa shape index (κ1) is 12.1. The molecule has 0 aliphatic heterocycles. The van der Waals surface area contributed by atoms with Crippen LogP contribution < -0.4 is 5.32 Å². The van der Waals surface area contributed by atoms with Gasteiger partial charge in [-0.25, -0.2) is 0 Å². The molecule has 0 aliphatic carbocycles. The van der Waals surface area contributed by atoms with Gasteiger partial charge in [-0.15, -0.1) is 0 Å². The molecule has 2 atom stereocenters. The second-order valence-corrected chi connectivity index (χ2v) is 3.75.